The molecular weight excluding hydrogens is 384 g/mol. The highest BCUT2D eigenvalue weighted by atomic mass is 32.1. The molecule has 0 radical (unpaired) electrons. The number of carbonyl (C=O) groups excluding carboxylic acids is 1. The fourth-order valence-corrected chi connectivity index (χ4v) is 4.37. The number of ether oxygens (including phenoxy) is 1. The zero-order valence-corrected chi connectivity index (χ0v) is 18.0. The maximum Gasteiger partial charge on any atom is 0.337 e. The zero-order valence-electron chi connectivity index (χ0n) is 17.2. The molecule has 1 atom stereocenters. The van der Waals surface area contributed by atoms with Crippen molar-refractivity contribution >= 4 is 23.3 Å². The van der Waals surface area contributed by atoms with Gasteiger partial charge >= 0.3 is 5.97 Å². The van der Waals surface area contributed by atoms with Gasteiger partial charge in [-0.25, -0.2) is 9.79 Å². The van der Waals surface area contributed by atoms with Gasteiger partial charge in [0.25, 0.3) is 0 Å². The minimum absolute atomic E-state index is 0.323. The summed E-state index contributed by atoms with van der Waals surface area (Å²) in [6.07, 6.45) is 2.55. The summed E-state index contributed by atoms with van der Waals surface area (Å²) in [4.78, 5) is 20.2. The van der Waals surface area contributed by atoms with E-state index in [1.54, 1.807) is 12.1 Å². The van der Waals surface area contributed by atoms with Crippen LogP contribution < -0.4 is 10.6 Å². The van der Waals surface area contributed by atoms with Gasteiger partial charge < -0.3 is 15.4 Å². The Morgan fingerprint density at radius 1 is 1.21 bits per heavy atom. The lowest BCUT2D eigenvalue weighted by Gasteiger charge is -2.27. The minimum atomic E-state index is -0.323. The van der Waals surface area contributed by atoms with Gasteiger partial charge in [-0.3, -0.25) is 4.90 Å². The lowest BCUT2D eigenvalue weighted by Crippen LogP contribution is -2.42. The number of nitrogens with zero attached hydrogens (tertiary/aromatic N) is 2. The van der Waals surface area contributed by atoms with Crippen LogP contribution in [0.4, 0.5) is 0 Å². The van der Waals surface area contributed by atoms with Crippen LogP contribution in [0.1, 0.15) is 46.6 Å². The van der Waals surface area contributed by atoms with E-state index in [4.69, 9.17) is 9.73 Å². The fourth-order valence-electron chi connectivity index (χ4n) is 3.51. The number of esters is 1. The maximum absolute atomic E-state index is 11.6. The second-order valence-electron chi connectivity index (χ2n) is 7.04. The number of thiophene rings is 1. The van der Waals surface area contributed by atoms with Gasteiger partial charge in [-0.2, -0.15) is 0 Å². The largest absolute Gasteiger partial charge is 0.465 e. The molecule has 1 aliphatic heterocycles. The predicted octanol–water partition coefficient (Wildman–Crippen LogP) is 3.43. The Labute approximate surface area is 177 Å². The van der Waals surface area contributed by atoms with Crippen molar-refractivity contribution in [1.82, 2.24) is 15.5 Å². The van der Waals surface area contributed by atoms with Crippen molar-refractivity contribution in [2.75, 3.05) is 33.3 Å². The van der Waals surface area contributed by atoms with Crippen LogP contribution in [0.3, 0.4) is 0 Å². The van der Waals surface area contributed by atoms with Crippen LogP contribution in [-0.4, -0.2) is 50.1 Å². The van der Waals surface area contributed by atoms with Gasteiger partial charge in [0, 0.05) is 18.0 Å². The fraction of sp³-hybridized carbons (Fsp3) is 0.455. The molecule has 0 aliphatic carbocycles. The standard InChI is InChI=1S/C22H30N4O2S/c1-3-23-22(24-15-17-8-10-18(11-9-17)21(27)28-2)25-16-19(20-7-6-14-29-20)26-12-4-5-13-26/h6-11,14,19H,3-5,12-13,15-16H2,1-2H3,(H2,23,24,25). The normalized spacial score (nSPS) is 15.9. The quantitative estimate of drug-likeness (QED) is 0.394. The van der Waals surface area contributed by atoms with Gasteiger partial charge in [-0.05, 0) is 62.0 Å². The molecule has 1 saturated heterocycles. The van der Waals surface area contributed by atoms with Crippen molar-refractivity contribution in [3.05, 3.63) is 57.8 Å². The van der Waals surface area contributed by atoms with E-state index < -0.39 is 0 Å². The van der Waals surface area contributed by atoms with E-state index in [-0.39, 0.29) is 5.97 Å². The van der Waals surface area contributed by atoms with E-state index in [1.165, 1.54) is 24.8 Å². The smallest absolute Gasteiger partial charge is 0.337 e. The van der Waals surface area contributed by atoms with Gasteiger partial charge in [-0.1, -0.05) is 18.2 Å². The first kappa shape index (κ1) is 21.3. The van der Waals surface area contributed by atoms with Gasteiger partial charge in [0.05, 0.1) is 25.3 Å². The highest BCUT2D eigenvalue weighted by Crippen LogP contribution is 2.27. The molecule has 2 N–H and O–H groups in total. The van der Waals surface area contributed by atoms with Crippen LogP contribution >= 0.6 is 11.3 Å². The number of aliphatic imine (C=N–C) groups is 1. The molecule has 0 amide bonds. The summed E-state index contributed by atoms with van der Waals surface area (Å²) in [6, 6.07) is 12.1. The van der Waals surface area contributed by atoms with Crippen LogP contribution in [0.5, 0.6) is 0 Å². The molecule has 1 aromatic carbocycles. The molecule has 1 fully saturated rings. The van der Waals surface area contributed by atoms with Crippen molar-refractivity contribution in [2.45, 2.75) is 32.4 Å². The molecule has 3 rings (SSSR count). The third-order valence-corrected chi connectivity index (χ3v) is 6.03. The van der Waals surface area contributed by atoms with E-state index in [0.29, 0.717) is 18.2 Å². The lowest BCUT2D eigenvalue weighted by molar-refractivity contribution is 0.0600. The molecule has 0 bridgehead atoms. The summed E-state index contributed by atoms with van der Waals surface area (Å²) in [6.45, 7) is 6.56. The van der Waals surface area contributed by atoms with Gasteiger partial charge in [0.2, 0.25) is 0 Å². The minimum Gasteiger partial charge on any atom is -0.465 e. The number of methoxy groups -OCH3 is 1. The monoisotopic (exact) mass is 414 g/mol. The number of carbonyl (C=O) groups is 1. The summed E-state index contributed by atoms with van der Waals surface area (Å²) < 4.78 is 4.74. The van der Waals surface area contributed by atoms with Gasteiger partial charge in [-0.15, -0.1) is 11.3 Å². The number of nitrogens with one attached hydrogen (secondary N) is 2. The first-order valence-electron chi connectivity index (χ1n) is 10.2. The van der Waals surface area contributed by atoms with Crippen LogP contribution in [0.2, 0.25) is 0 Å². The van der Waals surface area contributed by atoms with Crippen molar-refractivity contribution in [1.29, 1.82) is 0 Å². The van der Waals surface area contributed by atoms with E-state index in [2.05, 4.69) is 40.0 Å². The SMILES string of the molecule is CCNC(=NCc1ccc(C(=O)OC)cc1)NCC(c1cccs1)N1CCCC1. The molecule has 0 spiro atoms. The summed E-state index contributed by atoms with van der Waals surface area (Å²) in [7, 11) is 1.39. The van der Waals surface area contributed by atoms with E-state index in [1.807, 2.05) is 23.5 Å². The van der Waals surface area contributed by atoms with E-state index >= 15 is 0 Å². The van der Waals surface area contributed by atoms with Gasteiger partial charge in [0.1, 0.15) is 0 Å². The maximum atomic E-state index is 11.6. The predicted molar refractivity (Wildman–Crippen MR) is 118 cm³/mol. The summed E-state index contributed by atoms with van der Waals surface area (Å²) in [5.74, 6) is 0.488. The molecule has 6 nitrogen and oxygen atoms in total. The third kappa shape index (κ3) is 6.05. The van der Waals surface area contributed by atoms with Crippen molar-refractivity contribution < 1.29 is 9.53 Å². The first-order chi connectivity index (χ1) is 14.2. The van der Waals surface area contributed by atoms with Crippen molar-refractivity contribution in [2.24, 2.45) is 4.99 Å². The molecule has 2 heterocycles. The molecule has 2 aromatic rings. The molecule has 1 aliphatic rings. The van der Waals surface area contributed by atoms with Crippen LogP contribution in [-0.2, 0) is 11.3 Å². The number of hydrogen-bond donors (Lipinski definition) is 2. The molecule has 7 heteroatoms. The number of hydrogen-bond acceptors (Lipinski definition) is 5. The highest BCUT2D eigenvalue weighted by molar-refractivity contribution is 7.10. The topological polar surface area (TPSA) is 66.0 Å². The Hall–Kier alpha value is -2.38. The molecule has 0 saturated carbocycles. The number of likely N-dealkylation sites (tertiary alicyclic amines) is 1. The molecule has 1 unspecified atom stereocenters. The van der Waals surface area contributed by atoms with E-state index in [9.17, 15) is 4.79 Å². The first-order valence-corrected chi connectivity index (χ1v) is 11.1. The Bertz CT molecular complexity index is 784. The van der Waals surface area contributed by atoms with Crippen molar-refractivity contribution in [3.63, 3.8) is 0 Å². The number of guanidine groups is 1. The Morgan fingerprint density at radius 3 is 2.59 bits per heavy atom. The Morgan fingerprint density at radius 2 is 1.97 bits per heavy atom. The average Bonchev–Trinajstić information content (AvgIpc) is 3.47. The lowest BCUT2D eigenvalue weighted by atomic mass is 10.1. The summed E-state index contributed by atoms with van der Waals surface area (Å²) in [5.41, 5.74) is 1.60. The Balaban J connectivity index is 1.63. The highest BCUT2D eigenvalue weighted by Gasteiger charge is 2.24. The Kier molecular flexibility index (Phi) is 8.07. The van der Waals surface area contributed by atoms with E-state index in [0.717, 1.165) is 37.7 Å². The summed E-state index contributed by atoms with van der Waals surface area (Å²) >= 11 is 1.82. The van der Waals surface area contributed by atoms with Crippen LogP contribution in [0.15, 0.2) is 46.8 Å². The zero-order chi connectivity index (χ0) is 20.5. The van der Waals surface area contributed by atoms with Crippen molar-refractivity contribution in [3.8, 4) is 0 Å². The second kappa shape index (κ2) is 11.0. The number of rotatable bonds is 8. The molecule has 156 valence electrons. The van der Waals surface area contributed by atoms with Gasteiger partial charge in [0.15, 0.2) is 5.96 Å². The molecule has 29 heavy (non-hydrogen) atoms. The summed E-state index contributed by atoms with van der Waals surface area (Å²) in [5, 5.41) is 9.01. The third-order valence-electron chi connectivity index (χ3n) is 5.05. The number of benzene rings is 1. The van der Waals surface area contributed by atoms with Crippen LogP contribution in [0.25, 0.3) is 0 Å². The van der Waals surface area contributed by atoms with Crippen LogP contribution in [0, 0.1) is 0 Å². The average molecular weight is 415 g/mol. The second-order valence-corrected chi connectivity index (χ2v) is 8.02. The molecule has 1 aromatic heterocycles. The molecular formula is C22H30N4O2S.